The lowest BCUT2D eigenvalue weighted by Gasteiger charge is -2.33. The van der Waals surface area contributed by atoms with Crippen molar-refractivity contribution >= 4 is 21.6 Å². The number of halogens is 1. The van der Waals surface area contributed by atoms with Gasteiger partial charge >= 0.3 is 0 Å². The molecule has 2 aromatic carbocycles. The van der Waals surface area contributed by atoms with Crippen molar-refractivity contribution < 1.29 is 17.6 Å². The number of nitrogens with one attached hydrogen (secondary N) is 1. The van der Waals surface area contributed by atoms with Gasteiger partial charge in [0.15, 0.2) is 0 Å². The maximum atomic E-state index is 13.6. The average molecular weight is 420 g/mol. The van der Waals surface area contributed by atoms with Gasteiger partial charge in [-0.2, -0.15) is 4.31 Å². The fourth-order valence-electron chi connectivity index (χ4n) is 3.33. The van der Waals surface area contributed by atoms with Gasteiger partial charge in [-0.25, -0.2) is 12.8 Å². The Morgan fingerprint density at radius 1 is 1.00 bits per heavy atom. The summed E-state index contributed by atoms with van der Waals surface area (Å²) in [5, 5.41) is 2.69. The van der Waals surface area contributed by atoms with Crippen molar-refractivity contribution in [2.45, 2.75) is 25.7 Å². The lowest BCUT2D eigenvalue weighted by atomic mass is 10.2. The Kier molecular flexibility index (Phi) is 6.36. The van der Waals surface area contributed by atoms with Crippen LogP contribution in [0.2, 0.25) is 0 Å². The molecule has 8 heteroatoms. The molecule has 1 fully saturated rings. The molecular formula is C21H26FN3O3S. The molecule has 29 heavy (non-hydrogen) atoms. The van der Waals surface area contributed by atoms with Gasteiger partial charge < -0.3 is 5.32 Å². The predicted octanol–water partition coefficient (Wildman–Crippen LogP) is 2.70. The topological polar surface area (TPSA) is 69.7 Å². The van der Waals surface area contributed by atoms with E-state index in [0.29, 0.717) is 42.3 Å². The number of sulfonamides is 1. The summed E-state index contributed by atoms with van der Waals surface area (Å²) < 4.78 is 41.0. The van der Waals surface area contributed by atoms with Crippen LogP contribution < -0.4 is 5.32 Å². The van der Waals surface area contributed by atoms with Crippen molar-refractivity contribution in [1.29, 1.82) is 0 Å². The van der Waals surface area contributed by atoms with Crippen LogP contribution in [-0.2, 0) is 14.8 Å². The van der Waals surface area contributed by atoms with Crippen molar-refractivity contribution in [3.8, 4) is 0 Å². The molecular weight excluding hydrogens is 393 g/mol. The van der Waals surface area contributed by atoms with E-state index in [4.69, 9.17) is 0 Å². The van der Waals surface area contributed by atoms with Crippen molar-refractivity contribution in [2.75, 3.05) is 38.0 Å². The molecule has 1 aliphatic rings. The standard InChI is InChI=1S/C21H26FN3O3S/c1-15-4-5-17(3)20(12-15)29(27,28)25-10-8-24(9-11-25)14-21(26)23-18-7-6-16(2)19(22)13-18/h4-7,12-13H,8-11,14H2,1-3H3,(H,23,26). The zero-order chi connectivity index (χ0) is 21.2. The van der Waals surface area contributed by atoms with E-state index in [1.807, 2.05) is 24.0 Å². The minimum atomic E-state index is -3.56. The van der Waals surface area contributed by atoms with Crippen LogP contribution >= 0.6 is 0 Å². The molecule has 2 aromatic rings. The quantitative estimate of drug-likeness (QED) is 0.809. The lowest BCUT2D eigenvalue weighted by Crippen LogP contribution is -2.50. The predicted molar refractivity (Wildman–Crippen MR) is 111 cm³/mol. The SMILES string of the molecule is Cc1ccc(C)c(S(=O)(=O)N2CCN(CC(=O)Nc3ccc(C)c(F)c3)CC2)c1. The van der Waals surface area contributed by atoms with E-state index in [2.05, 4.69) is 5.32 Å². The van der Waals surface area contributed by atoms with E-state index in [0.717, 1.165) is 11.1 Å². The Morgan fingerprint density at radius 2 is 1.66 bits per heavy atom. The number of hydrogen-bond acceptors (Lipinski definition) is 4. The van der Waals surface area contributed by atoms with E-state index in [1.165, 1.54) is 10.4 Å². The highest BCUT2D eigenvalue weighted by atomic mass is 32.2. The zero-order valence-electron chi connectivity index (χ0n) is 16.9. The summed E-state index contributed by atoms with van der Waals surface area (Å²) in [7, 11) is -3.56. The molecule has 0 atom stereocenters. The highest BCUT2D eigenvalue weighted by Crippen LogP contribution is 2.22. The third-order valence-electron chi connectivity index (χ3n) is 5.12. The summed E-state index contributed by atoms with van der Waals surface area (Å²) in [6, 6.07) is 9.97. The highest BCUT2D eigenvalue weighted by molar-refractivity contribution is 7.89. The van der Waals surface area contributed by atoms with Crippen LogP contribution in [0, 0.1) is 26.6 Å². The summed E-state index contributed by atoms with van der Waals surface area (Å²) in [5.74, 6) is -0.618. The van der Waals surface area contributed by atoms with Crippen molar-refractivity contribution in [1.82, 2.24) is 9.21 Å². The minimum absolute atomic E-state index is 0.132. The number of carbonyl (C=O) groups is 1. The molecule has 0 saturated carbocycles. The summed E-state index contributed by atoms with van der Waals surface area (Å²) in [5.41, 5.74) is 2.55. The monoisotopic (exact) mass is 419 g/mol. The first-order valence-corrected chi connectivity index (χ1v) is 11.0. The second-order valence-electron chi connectivity index (χ2n) is 7.46. The van der Waals surface area contributed by atoms with Crippen LogP contribution in [0.3, 0.4) is 0 Å². The third kappa shape index (κ3) is 5.01. The number of hydrogen-bond donors (Lipinski definition) is 1. The van der Waals surface area contributed by atoms with Gasteiger partial charge in [0.25, 0.3) is 0 Å². The minimum Gasteiger partial charge on any atom is -0.325 e. The highest BCUT2D eigenvalue weighted by Gasteiger charge is 2.30. The second-order valence-corrected chi connectivity index (χ2v) is 9.37. The molecule has 6 nitrogen and oxygen atoms in total. The van der Waals surface area contributed by atoms with Gasteiger partial charge in [-0.3, -0.25) is 9.69 Å². The van der Waals surface area contributed by atoms with E-state index in [-0.39, 0.29) is 18.3 Å². The first-order chi connectivity index (χ1) is 13.7. The molecule has 1 heterocycles. The third-order valence-corrected chi connectivity index (χ3v) is 7.16. The fourth-order valence-corrected chi connectivity index (χ4v) is 5.06. The molecule has 3 rings (SSSR count). The summed E-state index contributed by atoms with van der Waals surface area (Å²) in [6.07, 6.45) is 0. The van der Waals surface area contributed by atoms with Gasteiger partial charge in [-0.05, 0) is 55.7 Å². The molecule has 1 amide bonds. The van der Waals surface area contributed by atoms with E-state index in [9.17, 15) is 17.6 Å². The van der Waals surface area contributed by atoms with Crippen LogP contribution in [0.25, 0.3) is 0 Å². The maximum absolute atomic E-state index is 13.6. The van der Waals surface area contributed by atoms with E-state index < -0.39 is 10.0 Å². The van der Waals surface area contributed by atoms with Crippen LogP contribution in [0.1, 0.15) is 16.7 Å². The first-order valence-electron chi connectivity index (χ1n) is 9.52. The van der Waals surface area contributed by atoms with Crippen LogP contribution in [0.5, 0.6) is 0 Å². The molecule has 156 valence electrons. The number of aryl methyl sites for hydroxylation is 3. The van der Waals surface area contributed by atoms with Crippen molar-refractivity contribution in [3.05, 3.63) is 58.9 Å². The number of benzene rings is 2. The largest absolute Gasteiger partial charge is 0.325 e. The number of nitrogens with zero attached hydrogens (tertiary/aromatic N) is 2. The number of piperazine rings is 1. The zero-order valence-corrected chi connectivity index (χ0v) is 17.7. The number of anilines is 1. The fraction of sp³-hybridized carbons (Fsp3) is 0.381. The smallest absolute Gasteiger partial charge is 0.243 e. The molecule has 0 spiro atoms. The van der Waals surface area contributed by atoms with Crippen LogP contribution in [0.15, 0.2) is 41.3 Å². The lowest BCUT2D eigenvalue weighted by molar-refractivity contribution is -0.117. The second kappa shape index (κ2) is 8.61. The normalized spacial score (nSPS) is 16.0. The number of carbonyl (C=O) groups excluding carboxylic acids is 1. The molecule has 0 aliphatic carbocycles. The molecule has 0 unspecified atom stereocenters. The Labute approximate surface area is 171 Å². The van der Waals surface area contributed by atoms with Crippen molar-refractivity contribution in [2.24, 2.45) is 0 Å². The molecule has 0 bridgehead atoms. The molecule has 1 aliphatic heterocycles. The molecule has 1 saturated heterocycles. The van der Waals surface area contributed by atoms with Crippen LogP contribution in [-0.4, -0.2) is 56.3 Å². The van der Waals surface area contributed by atoms with Crippen LogP contribution in [0.4, 0.5) is 10.1 Å². The van der Waals surface area contributed by atoms with E-state index in [1.54, 1.807) is 32.0 Å². The summed E-state index contributed by atoms with van der Waals surface area (Å²) >= 11 is 0. The Balaban J connectivity index is 1.58. The first kappa shape index (κ1) is 21.4. The number of amides is 1. The molecule has 0 aromatic heterocycles. The van der Waals surface area contributed by atoms with Gasteiger partial charge in [0.2, 0.25) is 15.9 Å². The Bertz CT molecular complexity index is 1020. The maximum Gasteiger partial charge on any atom is 0.243 e. The molecule has 1 N–H and O–H groups in total. The van der Waals surface area contributed by atoms with Gasteiger partial charge in [-0.1, -0.05) is 18.2 Å². The summed E-state index contributed by atoms with van der Waals surface area (Å²) in [6.45, 7) is 7.01. The average Bonchev–Trinajstić information content (AvgIpc) is 2.67. The Hall–Kier alpha value is -2.29. The number of rotatable bonds is 5. The Morgan fingerprint density at radius 3 is 2.31 bits per heavy atom. The van der Waals surface area contributed by atoms with Crippen molar-refractivity contribution in [3.63, 3.8) is 0 Å². The van der Waals surface area contributed by atoms with Gasteiger partial charge in [-0.15, -0.1) is 0 Å². The van der Waals surface area contributed by atoms with Gasteiger partial charge in [0, 0.05) is 31.9 Å². The summed E-state index contributed by atoms with van der Waals surface area (Å²) in [4.78, 5) is 14.5. The van der Waals surface area contributed by atoms with E-state index >= 15 is 0 Å². The van der Waals surface area contributed by atoms with Gasteiger partial charge in [0.05, 0.1) is 11.4 Å². The molecule has 0 radical (unpaired) electrons. The van der Waals surface area contributed by atoms with Gasteiger partial charge in [0.1, 0.15) is 5.82 Å².